The largest absolute Gasteiger partial charge is 0.351 e. The predicted octanol–water partition coefficient (Wildman–Crippen LogP) is 2.30. The van der Waals surface area contributed by atoms with Gasteiger partial charge < -0.3 is 9.88 Å². The smallest absolute Gasteiger partial charge is 0.268 e. The lowest BCUT2D eigenvalue weighted by Crippen LogP contribution is -2.32. The third kappa shape index (κ3) is 2.57. The van der Waals surface area contributed by atoms with Gasteiger partial charge in [0, 0.05) is 13.1 Å². The third-order valence-electron chi connectivity index (χ3n) is 3.16. The van der Waals surface area contributed by atoms with Crippen molar-refractivity contribution in [3.63, 3.8) is 0 Å². The average molecular weight is 276 g/mol. The van der Waals surface area contributed by atoms with E-state index in [0.29, 0.717) is 29.6 Å². The molecular formula is C15H17FN2O2. The molecule has 106 valence electrons. The van der Waals surface area contributed by atoms with Crippen LogP contribution in [0.3, 0.4) is 0 Å². The van der Waals surface area contributed by atoms with Crippen LogP contribution < -0.4 is 10.9 Å². The number of rotatable bonds is 4. The van der Waals surface area contributed by atoms with Crippen LogP contribution in [0, 0.1) is 5.82 Å². The van der Waals surface area contributed by atoms with Gasteiger partial charge in [0.05, 0.1) is 5.39 Å². The Kier molecular flexibility index (Phi) is 4.17. The summed E-state index contributed by atoms with van der Waals surface area (Å²) in [6.07, 6.45) is 0.820. The summed E-state index contributed by atoms with van der Waals surface area (Å²) < 4.78 is 14.6. The van der Waals surface area contributed by atoms with Gasteiger partial charge in [0.15, 0.2) is 0 Å². The molecule has 0 fully saturated rings. The van der Waals surface area contributed by atoms with Gasteiger partial charge in [0.25, 0.3) is 11.5 Å². The van der Waals surface area contributed by atoms with Gasteiger partial charge in [-0.3, -0.25) is 9.59 Å². The summed E-state index contributed by atoms with van der Waals surface area (Å²) in [5.74, 6) is -0.738. The number of aromatic nitrogens is 1. The van der Waals surface area contributed by atoms with Crippen molar-refractivity contribution in [1.82, 2.24) is 9.88 Å². The lowest BCUT2D eigenvalue weighted by atomic mass is 10.1. The summed E-state index contributed by atoms with van der Waals surface area (Å²) in [6.45, 7) is 4.65. The van der Waals surface area contributed by atoms with Crippen molar-refractivity contribution in [3.05, 3.63) is 46.1 Å². The number of halogens is 1. The molecule has 20 heavy (non-hydrogen) atoms. The molecule has 0 atom stereocenters. The number of nitrogens with one attached hydrogen (secondary N) is 1. The minimum Gasteiger partial charge on any atom is -0.351 e. The highest BCUT2D eigenvalue weighted by molar-refractivity contribution is 5.96. The van der Waals surface area contributed by atoms with Crippen LogP contribution >= 0.6 is 0 Å². The second-order valence-corrected chi connectivity index (χ2v) is 4.57. The summed E-state index contributed by atoms with van der Waals surface area (Å²) >= 11 is 0. The fourth-order valence-electron chi connectivity index (χ4n) is 2.15. The fraction of sp³-hybridized carbons (Fsp3) is 0.333. The molecule has 4 nitrogen and oxygen atoms in total. The predicted molar refractivity (Wildman–Crippen MR) is 76.5 cm³/mol. The molecule has 1 N–H and O–H groups in total. The molecule has 2 aromatic rings. The van der Waals surface area contributed by atoms with E-state index >= 15 is 0 Å². The van der Waals surface area contributed by atoms with Gasteiger partial charge in [-0.2, -0.15) is 0 Å². The van der Waals surface area contributed by atoms with E-state index in [1.807, 2.05) is 6.92 Å². The lowest BCUT2D eigenvalue weighted by molar-refractivity contribution is 0.0943. The molecule has 0 aliphatic carbocycles. The third-order valence-corrected chi connectivity index (χ3v) is 3.16. The van der Waals surface area contributed by atoms with E-state index in [4.69, 9.17) is 0 Å². The number of hydrogen-bond donors (Lipinski definition) is 1. The molecule has 0 aliphatic heterocycles. The maximum atomic E-state index is 13.3. The summed E-state index contributed by atoms with van der Waals surface area (Å²) in [5, 5.41) is 3.62. The van der Waals surface area contributed by atoms with Gasteiger partial charge in [-0.1, -0.05) is 13.0 Å². The van der Waals surface area contributed by atoms with Crippen LogP contribution in [-0.4, -0.2) is 17.0 Å². The van der Waals surface area contributed by atoms with Gasteiger partial charge in [0.2, 0.25) is 0 Å². The van der Waals surface area contributed by atoms with Crippen molar-refractivity contribution in [3.8, 4) is 0 Å². The minimum absolute atomic E-state index is 0.281. The molecule has 0 unspecified atom stereocenters. The molecule has 2 rings (SSSR count). The number of carbonyl (C=O) groups is 1. The van der Waals surface area contributed by atoms with Crippen LogP contribution in [-0.2, 0) is 6.54 Å². The molecule has 0 aliphatic rings. The SMILES string of the molecule is CCCNC(=O)c1cc2ccc(F)cc2c(=O)n1CC. The molecule has 1 amide bonds. The van der Waals surface area contributed by atoms with E-state index in [2.05, 4.69) is 5.32 Å². The number of hydrogen-bond acceptors (Lipinski definition) is 2. The summed E-state index contributed by atoms with van der Waals surface area (Å²) in [6, 6.07) is 5.64. The Bertz CT molecular complexity index is 707. The van der Waals surface area contributed by atoms with Gasteiger partial charge in [-0.15, -0.1) is 0 Å². The van der Waals surface area contributed by atoms with E-state index in [1.165, 1.54) is 22.8 Å². The van der Waals surface area contributed by atoms with Crippen LogP contribution in [0.2, 0.25) is 0 Å². The Hall–Kier alpha value is -2.17. The van der Waals surface area contributed by atoms with E-state index in [1.54, 1.807) is 13.0 Å². The molecule has 1 aromatic carbocycles. The minimum atomic E-state index is -0.458. The normalized spacial score (nSPS) is 10.8. The monoisotopic (exact) mass is 276 g/mol. The van der Waals surface area contributed by atoms with E-state index in [9.17, 15) is 14.0 Å². The van der Waals surface area contributed by atoms with Crippen LogP contribution in [0.4, 0.5) is 4.39 Å². The number of amides is 1. The molecule has 0 spiro atoms. The van der Waals surface area contributed by atoms with Gasteiger partial charge in [-0.05, 0) is 36.9 Å². The van der Waals surface area contributed by atoms with Crippen molar-refractivity contribution in [2.75, 3.05) is 6.54 Å². The van der Waals surface area contributed by atoms with Crippen molar-refractivity contribution in [2.24, 2.45) is 0 Å². The zero-order valence-corrected chi connectivity index (χ0v) is 11.6. The van der Waals surface area contributed by atoms with Gasteiger partial charge in [-0.25, -0.2) is 4.39 Å². The van der Waals surface area contributed by atoms with E-state index in [-0.39, 0.29) is 11.5 Å². The maximum Gasteiger partial charge on any atom is 0.268 e. The van der Waals surface area contributed by atoms with Gasteiger partial charge in [0.1, 0.15) is 11.5 Å². The summed E-state index contributed by atoms with van der Waals surface area (Å²) in [4.78, 5) is 24.4. The first-order chi connectivity index (χ1) is 9.58. The molecule has 0 saturated carbocycles. The van der Waals surface area contributed by atoms with Crippen molar-refractivity contribution in [1.29, 1.82) is 0 Å². The van der Waals surface area contributed by atoms with Crippen molar-refractivity contribution >= 4 is 16.7 Å². The highest BCUT2D eigenvalue weighted by Gasteiger charge is 2.14. The van der Waals surface area contributed by atoms with Crippen LogP contribution in [0.5, 0.6) is 0 Å². The zero-order valence-electron chi connectivity index (χ0n) is 11.6. The average Bonchev–Trinajstić information content (AvgIpc) is 2.45. The van der Waals surface area contributed by atoms with E-state index in [0.717, 1.165) is 6.42 Å². The maximum absolute atomic E-state index is 13.3. The number of pyridine rings is 1. The first-order valence-electron chi connectivity index (χ1n) is 6.69. The standard InChI is InChI=1S/C15H17FN2O2/c1-3-7-17-14(19)13-8-10-5-6-11(16)9-12(10)15(20)18(13)4-2/h5-6,8-9H,3-4,7H2,1-2H3,(H,17,19). The molecular weight excluding hydrogens is 259 g/mol. The molecule has 0 radical (unpaired) electrons. The molecule has 0 bridgehead atoms. The number of carbonyl (C=O) groups excluding carboxylic acids is 1. The van der Waals surface area contributed by atoms with Crippen LogP contribution in [0.25, 0.3) is 10.8 Å². The Labute approximate surface area is 116 Å². The summed E-state index contributed by atoms with van der Waals surface area (Å²) in [5.41, 5.74) is -0.0313. The van der Waals surface area contributed by atoms with Crippen LogP contribution in [0.1, 0.15) is 30.8 Å². The molecule has 1 aromatic heterocycles. The molecule has 1 heterocycles. The zero-order chi connectivity index (χ0) is 14.7. The van der Waals surface area contributed by atoms with Gasteiger partial charge >= 0.3 is 0 Å². The molecule has 5 heteroatoms. The van der Waals surface area contributed by atoms with Crippen molar-refractivity contribution < 1.29 is 9.18 Å². The number of benzene rings is 1. The lowest BCUT2D eigenvalue weighted by Gasteiger charge is -2.12. The Morgan fingerprint density at radius 2 is 2.05 bits per heavy atom. The quantitative estimate of drug-likeness (QED) is 0.931. The highest BCUT2D eigenvalue weighted by atomic mass is 19.1. The number of fused-ring (bicyclic) bond motifs is 1. The van der Waals surface area contributed by atoms with E-state index < -0.39 is 5.82 Å². The molecule has 0 saturated heterocycles. The fourth-order valence-corrected chi connectivity index (χ4v) is 2.15. The highest BCUT2D eigenvalue weighted by Crippen LogP contribution is 2.14. The van der Waals surface area contributed by atoms with Crippen molar-refractivity contribution in [2.45, 2.75) is 26.8 Å². The topological polar surface area (TPSA) is 51.1 Å². The first-order valence-corrected chi connectivity index (χ1v) is 6.69. The first kappa shape index (κ1) is 14.2. The second-order valence-electron chi connectivity index (χ2n) is 4.57. The number of nitrogens with zero attached hydrogens (tertiary/aromatic N) is 1. The second kappa shape index (κ2) is 5.86. The Morgan fingerprint density at radius 1 is 1.30 bits per heavy atom. The Balaban J connectivity index is 2.63. The Morgan fingerprint density at radius 3 is 2.70 bits per heavy atom. The summed E-state index contributed by atoms with van der Waals surface area (Å²) in [7, 11) is 0. The van der Waals surface area contributed by atoms with Crippen LogP contribution in [0.15, 0.2) is 29.1 Å².